The summed E-state index contributed by atoms with van der Waals surface area (Å²) in [5, 5.41) is 19.3. The number of aromatic carboxylic acids is 1. The molecule has 0 spiro atoms. The van der Waals surface area contributed by atoms with Crippen molar-refractivity contribution in [3.63, 3.8) is 0 Å². The van der Waals surface area contributed by atoms with E-state index in [1.54, 1.807) is 30.3 Å². The van der Waals surface area contributed by atoms with E-state index in [0.717, 1.165) is 24.8 Å². The van der Waals surface area contributed by atoms with E-state index in [2.05, 4.69) is 18.8 Å². The number of carbonyl (C=O) groups is 2. The fourth-order valence-corrected chi connectivity index (χ4v) is 3.31. The summed E-state index contributed by atoms with van der Waals surface area (Å²) >= 11 is 0. The fraction of sp³-hybridized carbons (Fsp3) is 0.500. The lowest BCUT2D eigenvalue weighted by Crippen LogP contribution is -2.34. The zero-order valence-electron chi connectivity index (χ0n) is 17.3. The largest absolute Gasteiger partial charge is 0.478 e. The number of amides is 1. The van der Waals surface area contributed by atoms with Crippen molar-refractivity contribution >= 4 is 11.9 Å². The Bertz CT molecular complexity index is 772. The van der Waals surface area contributed by atoms with E-state index in [9.17, 15) is 14.7 Å². The predicted molar refractivity (Wildman–Crippen MR) is 113 cm³/mol. The van der Waals surface area contributed by atoms with E-state index in [1.165, 1.54) is 0 Å². The Morgan fingerprint density at radius 2 is 2.03 bits per heavy atom. The van der Waals surface area contributed by atoms with Gasteiger partial charge in [0.05, 0.1) is 17.7 Å². The number of rotatable bonds is 9. The lowest BCUT2D eigenvalue weighted by molar-refractivity contribution is -0.128. The van der Waals surface area contributed by atoms with Crippen molar-refractivity contribution in [3.05, 3.63) is 47.5 Å². The van der Waals surface area contributed by atoms with Gasteiger partial charge in [-0.05, 0) is 42.9 Å². The Morgan fingerprint density at radius 3 is 2.69 bits per heavy atom. The summed E-state index contributed by atoms with van der Waals surface area (Å²) in [6.45, 7) is 4.65. The number of nitrogens with zero attached hydrogens (tertiary/aromatic N) is 1. The molecule has 3 atom stereocenters. The number of aliphatic hydroxyl groups excluding tert-OH is 1. The molecule has 1 fully saturated rings. The molecule has 1 aromatic carbocycles. The molecule has 0 radical (unpaired) electrons. The van der Waals surface area contributed by atoms with Crippen molar-refractivity contribution in [1.29, 1.82) is 0 Å². The number of hydrogen-bond donors (Lipinski definition) is 2. The fourth-order valence-electron chi connectivity index (χ4n) is 3.31. The first-order chi connectivity index (χ1) is 13.9. The van der Waals surface area contributed by atoms with E-state index in [0.29, 0.717) is 25.8 Å². The molecule has 1 aromatic rings. The van der Waals surface area contributed by atoms with Crippen LogP contribution in [-0.4, -0.2) is 45.7 Å². The van der Waals surface area contributed by atoms with Crippen LogP contribution >= 0.6 is 0 Å². The third-order valence-electron chi connectivity index (χ3n) is 5.25. The average molecular weight is 398 g/mol. The summed E-state index contributed by atoms with van der Waals surface area (Å²) in [6.07, 6.45) is 7.69. The van der Waals surface area contributed by atoms with E-state index in [4.69, 9.17) is 5.11 Å². The number of carboxylic acid groups (broad SMARTS) is 1. The Labute approximate surface area is 173 Å². The maximum Gasteiger partial charge on any atom is 0.335 e. The summed E-state index contributed by atoms with van der Waals surface area (Å²) in [6, 6.07) is 6.75. The lowest BCUT2D eigenvalue weighted by atomic mass is 9.99. The minimum atomic E-state index is -0.944. The van der Waals surface area contributed by atoms with Gasteiger partial charge in [0.25, 0.3) is 0 Å². The molecular weight excluding hydrogens is 366 g/mol. The summed E-state index contributed by atoms with van der Waals surface area (Å²) in [5.74, 6) is 5.44. The summed E-state index contributed by atoms with van der Waals surface area (Å²) < 4.78 is 0. The highest BCUT2D eigenvalue weighted by Crippen LogP contribution is 2.21. The molecule has 29 heavy (non-hydrogen) atoms. The average Bonchev–Trinajstić information content (AvgIpc) is 3.07. The highest BCUT2D eigenvalue weighted by atomic mass is 16.4. The minimum Gasteiger partial charge on any atom is -0.478 e. The van der Waals surface area contributed by atoms with Crippen LogP contribution in [0.15, 0.2) is 36.4 Å². The van der Waals surface area contributed by atoms with Crippen molar-refractivity contribution in [3.8, 4) is 11.8 Å². The van der Waals surface area contributed by atoms with Gasteiger partial charge in [-0.2, -0.15) is 0 Å². The Kier molecular flexibility index (Phi) is 8.95. The summed E-state index contributed by atoms with van der Waals surface area (Å²) in [5.41, 5.74) is 1.26. The van der Waals surface area contributed by atoms with Gasteiger partial charge in [-0.1, -0.05) is 38.1 Å². The van der Waals surface area contributed by atoms with Crippen LogP contribution in [0, 0.1) is 17.8 Å². The number of benzene rings is 1. The smallest absolute Gasteiger partial charge is 0.335 e. The number of hydrogen-bond acceptors (Lipinski definition) is 3. The number of carboxylic acids is 1. The second kappa shape index (κ2) is 11.4. The first-order valence-corrected chi connectivity index (χ1v) is 10.4. The Hall–Kier alpha value is -2.58. The SMILES string of the molecule is CCCC#CCC(C)[C@H](O)/C=C/[C@H]1CCC(=O)N1CCc1ccc(C(=O)O)cc1. The van der Waals surface area contributed by atoms with Crippen molar-refractivity contribution in [2.24, 2.45) is 5.92 Å². The number of unbranched alkanes of at least 4 members (excludes halogenated alkanes) is 1. The molecule has 1 unspecified atom stereocenters. The lowest BCUT2D eigenvalue weighted by Gasteiger charge is -2.23. The van der Waals surface area contributed by atoms with E-state index in [1.807, 2.05) is 17.9 Å². The normalized spacial score (nSPS) is 18.5. The van der Waals surface area contributed by atoms with Crippen LogP contribution in [0.3, 0.4) is 0 Å². The standard InChI is InChI=1S/C24H31NO4/c1-3-4-5-6-7-18(2)22(26)14-12-21-13-15-23(27)25(21)17-16-19-8-10-20(11-9-19)24(28)29/h8-12,14,18,21-22,26H,3-4,7,13,15-17H2,1-2H3,(H,28,29)/b14-12+/t18?,21-,22+/m0/s1. The molecule has 1 heterocycles. The molecule has 5 heteroatoms. The van der Waals surface area contributed by atoms with Gasteiger partial charge in [0.15, 0.2) is 0 Å². The van der Waals surface area contributed by atoms with Crippen LogP contribution in [0.5, 0.6) is 0 Å². The molecule has 1 aliphatic heterocycles. The molecular formula is C24H31NO4. The highest BCUT2D eigenvalue weighted by Gasteiger charge is 2.28. The van der Waals surface area contributed by atoms with Crippen molar-refractivity contribution < 1.29 is 19.8 Å². The number of aliphatic hydroxyl groups is 1. The molecule has 0 aromatic heterocycles. The first-order valence-electron chi connectivity index (χ1n) is 10.4. The zero-order valence-corrected chi connectivity index (χ0v) is 17.3. The van der Waals surface area contributed by atoms with Crippen LogP contribution in [0.4, 0.5) is 0 Å². The number of likely N-dealkylation sites (tertiary alicyclic amines) is 1. The van der Waals surface area contributed by atoms with Gasteiger partial charge in [0.1, 0.15) is 0 Å². The molecule has 0 bridgehead atoms. The van der Waals surface area contributed by atoms with Crippen LogP contribution in [0.1, 0.15) is 61.9 Å². The van der Waals surface area contributed by atoms with Crippen LogP contribution < -0.4 is 0 Å². The first kappa shape index (κ1) is 22.7. The monoisotopic (exact) mass is 397 g/mol. The van der Waals surface area contributed by atoms with Gasteiger partial charge in [-0.3, -0.25) is 4.79 Å². The van der Waals surface area contributed by atoms with Crippen LogP contribution in [0.2, 0.25) is 0 Å². The van der Waals surface area contributed by atoms with Crippen LogP contribution in [-0.2, 0) is 11.2 Å². The predicted octanol–water partition coefficient (Wildman–Crippen LogP) is 3.67. The molecule has 1 amide bonds. The molecule has 0 aliphatic carbocycles. The van der Waals surface area contributed by atoms with E-state index in [-0.39, 0.29) is 23.4 Å². The van der Waals surface area contributed by atoms with Crippen molar-refractivity contribution in [1.82, 2.24) is 4.90 Å². The van der Waals surface area contributed by atoms with Crippen molar-refractivity contribution in [2.45, 2.75) is 64.5 Å². The van der Waals surface area contributed by atoms with Gasteiger partial charge in [-0.15, -0.1) is 11.8 Å². The summed E-state index contributed by atoms with van der Waals surface area (Å²) in [7, 11) is 0. The second-order valence-electron chi connectivity index (χ2n) is 7.61. The molecule has 1 aliphatic rings. The molecule has 2 N–H and O–H groups in total. The molecule has 156 valence electrons. The van der Waals surface area contributed by atoms with Gasteiger partial charge in [-0.25, -0.2) is 4.79 Å². The maximum atomic E-state index is 12.3. The van der Waals surface area contributed by atoms with E-state index >= 15 is 0 Å². The summed E-state index contributed by atoms with van der Waals surface area (Å²) in [4.78, 5) is 25.1. The van der Waals surface area contributed by atoms with Gasteiger partial charge in [0.2, 0.25) is 5.91 Å². The van der Waals surface area contributed by atoms with Gasteiger partial charge in [0, 0.05) is 25.8 Å². The molecule has 5 nitrogen and oxygen atoms in total. The molecule has 1 saturated heterocycles. The highest BCUT2D eigenvalue weighted by molar-refractivity contribution is 5.87. The zero-order chi connectivity index (χ0) is 21.2. The third kappa shape index (κ3) is 7.07. The number of carbonyl (C=O) groups excluding carboxylic acids is 1. The quantitative estimate of drug-likeness (QED) is 0.492. The van der Waals surface area contributed by atoms with Crippen LogP contribution in [0.25, 0.3) is 0 Å². The third-order valence-corrected chi connectivity index (χ3v) is 5.25. The van der Waals surface area contributed by atoms with Gasteiger partial charge >= 0.3 is 5.97 Å². The van der Waals surface area contributed by atoms with Gasteiger partial charge < -0.3 is 15.1 Å². The second-order valence-corrected chi connectivity index (χ2v) is 7.61. The van der Waals surface area contributed by atoms with Crippen molar-refractivity contribution in [2.75, 3.05) is 6.54 Å². The molecule has 2 rings (SSSR count). The Morgan fingerprint density at radius 1 is 1.31 bits per heavy atom. The minimum absolute atomic E-state index is 0.00572. The van der Waals surface area contributed by atoms with E-state index < -0.39 is 12.1 Å². The maximum absolute atomic E-state index is 12.3. The Balaban J connectivity index is 1.89. The molecule has 0 saturated carbocycles. The topological polar surface area (TPSA) is 77.8 Å².